The molecule has 4 rings (SSSR count). The van der Waals surface area contributed by atoms with Crippen LogP contribution < -0.4 is 10.1 Å². The van der Waals surface area contributed by atoms with Crippen LogP contribution in [-0.2, 0) is 0 Å². The SMILES string of the molecule is Cc1cc(NC2CCOc3ccc(F)cc32)nc(-c2ccc([N+](=O)[O-])cc2)n1. The monoisotopic (exact) mass is 380 g/mol. The van der Waals surface area contributed by atoms with Crippen LogP contribution in [0.2, 0.25) is 0 Å². The van der Waals surface area contributed by atoms with Crippen LogP contribution in [-0.4, -0.2) is 21.5 Å². The van der Waals surface area contributed by atoms with Gasteiger partial charge in [-0.3, -0.25) is 10.1 Å². The van der Waals surface area contributed by atoms with E-state index in [4.69, 9.17) is 4.74 Å². The highest BCUT2D eigenvalue weighted by Gasteiger charge is 2.22. The molecule has 1 aromatic heterocycles. The third-order valence-electron chi connectivity index (χ3n) is 4.52. The molecule has 2 aromatic carbocycles. The van der Waals surface area contributed by atoms with Crippen molar-refractivity contribution in [2.75, 3.05) is 11.9 Å². The summed E-state index contributed by atoms with van der Waals surface area (Å²) in [5, 5.41) is 14.2. The Morgan fingerprint density at radius 1 is 1.18 bits per heavy atom. The second-order valence-electron chi connectivity index (χ2n) is 6.54. The molecule has 142 valence electrons. The van der Waals surface area contributed by atoms with Gasteiger partial charge in [0.25, 0.3) is 5.69 Å². The lowest BCUT2D eigenvalue weighted by molar-refractivity contribution is -0.384. The second kappa shape index (κ2) is 7.22. The van der Waals surface area contributed by atoms with Crippen molar-refractivity contribution in [3.05, 3.63) is 75.7 Å². The van der Waals surface area contributed by atoms with Crippen molar-refractivity contribution in [1.82, 2.24) is 9.97 Å². The van der Waals surface area contributed by atoms with E-state index in [0.29, 0.717) is 36.0 Å². The van der Waals surface area contributed by atoms with Crippen LogP contribution in [0.4, 0.5) is 15.9 Å². The third kappa shape index (κ3) is 3.62. The fourth-order valence-corrected chi connectivity index (χ4v) is 3.20. The van der Waals surface area contributed by atoms with Crippen LogP contribution in [0.25, 0.3) is 11.4 Å². The maximum Gasteiger partial charge on any atom is 0.269 e. The number of nitro groups is 1. The number of aromatic nitrogens is 2. The first kappa shape index (κ1) is 17.8. The normalized spacial score (nSPS) is 15.4. The van der Waals surface area contributed by atoms with Gasteiger partial charge < -0.3 is 10.1 Å². The number of ether oxygens (including phenoxy) is 1. The number of aryl methyl sites for hydroxylation is 1. The van der Waals surface area contributed by atoms with Crippen molar-refractivity contribution in [3.63, 3.8) is 0 Å². The van der Waals surface area contributed by atoms with Crippen molar-refractivity contribution < 1.29 is 14.1 Å². The molecule has 8 heteroatoms. The van der Waals surface area contributed by atoms with Gasteiger partial charge >= 0.3 is 0 Å². The molecule has 0 radical (unpaired) electrons. The lowest BCUT2D eigenvalue weighted by Gasteiger charge is -2.27. The van der Waals surface area contributed by atoms with Gasteiger partial charge in [0, 0.05) is 41.4 Å². The smallest absolute Gasteiger partial charge is 0.269 e. The van der Waals surface area contributed by atoms with Crippen LogP contribution in [0.5, 0.6) is 5.75 Å². The fraction of sp³-hybridized carbons (Fsp3) is 0.200. The number of nitro benzene ring substituents is 1. The van der Waals surface area contributed by atoms with Crippen LogP contribution >= 0.6 is 0 Å². The number of hydrogen-bond acceptors (Lipinski definition) is 6. The average molecular weight is 380 g/mol. The van der Waals surface area contributed by atoms with E-state index in [-0.39, 0.29) is 17.5 Å². The Hall–Kier alpha value is -3.55. The van der Waals surface area contributed by atoms with E-state index < -0.39 is 4.92 Å². The number of benzene rings is 2. The van der Waals surface area contributed by atoms with Gasteiger partial charge in [-0.25, -0.2) is 14.4 Å². The summed E-state index contributed by atoms with van der Waals surface area (Å²) < 4.78 is 19.3. The Balaban J connectivity index is 1.64. The largest absolute Gasteiger partial charge is 0.493 e. The minimum atomic E-state index is -0.449. The summed E-state index contributed by atoms with van der Waals surface area (Å²) >= 11 is 0. The first-order valence-electron chi connectivity index (χ1n) is 8.79. The van der Waals surface area contributed by atoms with Gasteiger partial charge in [0.15, 0.2) is 5.82 Å². The Labute approximate surface area is 160 Å². The number of rotatable bonds is 4. The lowest BCUT2D eigenvalue weighted by Crippen LogP contribution is -2.21. The zero-order valence-electron chi connectivity index (χ0n) is 15.1. The number of anilines is 1. The average Bonchev–Trinajstić information content (AvgIpc) is 2.68. The minimum absolute atomic E-state index is 0.00981. The Bertz CT molecular complexity index is 1040. The van der Waals surface area contributed by atoms with Gasteiger partial charge in [-0.2, -0.15) is 0 Å². The molecule has 1 N–H and O–H groups in total. The molecule has 0 fully saturated rings. The summed E-state index contributed by atoms with van der Waals surface area (Å²) in [5.74, 6) is 1.40. The van der Waals surface area contributed by atoms with Gasteiger partial charge in [-0.05, 0) is 37.3 Å². The van der Waals surface area contributed by atoms with Crippen molar-refractivity contribution in [2.45, 2.75) is 19.4 Å². The van der Waals surface area contributed by atoms with Crippen molar-refractivity contribution in [2.24, 2.45) is 0 Å². The van der Waals surface area contributed by atoms with Gasteiger partial charge in [0.1, 0.15) is 17.4 Å². The first-order valence-corrected chi connectivity index (χ1v) is 8.79. The number of halogens is 1. The van der Waals surface area contributed by atoms with Crippen molar-refractivity contribution in [1.29, 1.82) is 0 Å². The second-order valence-corrected chi connectivity index (χ2v) is 6.54. The predicted molar refractivity (Wildman–Crippen MR) is 102 cm³/mol. The van der Waals surface area contributed by atoms with Crippen LogP contribution in [0, 0.1) is 22.9 Å². The summed E-state index contributed by atoms with van der Waals surface area (Å²) in [7, 11) is 0. The van der Waals surface area contributed by atoms with Crippen molar-refractivity contribution >= 4 is 11.5 Å². The molecular formula is C20H17FN4O3. The highest BCUT2D eigenvalue weighted by atomic mass is 19.1. The van der Waals surface area contributed by atoms with Gasteiger partial charge in [0.05, 0.1) is 17.6 Å². The van der Waals surface area contributed by atoms with E-state index in [9.17, 15) is 14.5 Å². The molecule has 28 heavy (non-hydrogen) atoms. The summed E-state index contributed by atoms with van der Waals surface area (Å²) in [5.41, 5.74) is 2.18. The molecule has 3 aromatic rings. The minimum Gasteiger partial charge on any atom is -0.493 e. The first-order chi connectivity index (χ1) is 13.5. The molecule has 0 saturated carbocycles. The summed E-state index contributed by atoms with van der Waals surface area (Å²) in [6.07, 6.45) is 0.673. The molecule has 2 heterocycles. The van der Waals surface area contributed by atoms with E-state index >= 15 is 0 Å². The molecule has 0 spiro atoms. The molecule has 1 aliphatic rings. The van der Waals surface area contributed by atoms with Crippen LogP contribution in [0.1, 0.15) is 23.7 Å². The maximum absolute atomic E-state index is 13.7. The van der Waals surface area contributed by atoms with Crippen LogP contribution in [0.15, 0.2) is 48.5 Å². The van der Waals surface area contributed by atoms with E-state index in [1.807, 2.05) is 13.0 Å². The van der Waals surface area contributed by atoms with E-state index in [1.165, 1.54) is 24.3 Å². The van der Waals surface area contributed by atoms with E-state index in [0.717, 1.165) is 11.3 Å². The molecule has 1 atom stereocenters. The van der Waals surface area contributed by atoms with Crippen LogP contribution in [0.3, 0.4) is 0 Å². The molecule has 1 aliphatic heterocycles. The summed E-state index contributed by atoms with van der Waals surface area (Å²) in [6.45, 7) is 2.37. The Kier molecular flexibility index (Phi) is 4.60. The molecule has 0 amide bonds. The molecule has 1 unspecified atom stereocenters. The summed E-state index contributed by atoms with van der Waals surface area (Å²) in [6, 6.07) is 12.2. The van der Waals surface area contributed by atoms with E-state index in [1.54, 1.807) is 18.2 Å². The standard InChI is InChI=1S/C20H17FN4O3/c1-12-10-19(23-17-8-9-28-18-7-4-14(21)11-16(17)18)24-20(22-12)13-2-5-15(6-3-13)25(26)27/h2-7,10-11,17H,8-9H2,1H3,(H,22,23,24). The highest BCUT2D eigenvalue weighted by Crippen LogP contribution is 2.34. The summed E-state index contributed by atoms with van der Waals surface area (Å²) in [4.78, 5) is 19.3. The zero-order chi connectivity index (χ0) is 19.7. The van der Waals surface area contributed by atoms with Gasteiger partial charge in [-0.15, -0.1) is 0 Å². The van der Waals surface area contributed by atoms with Gasteiger partial charge in [0.2, 0.25) is 0 Å². The number of nitrogens with zero attached hydrogens (tertiary/aromatic N) is 3. The molecule has 7 nitrogen and oxygen atoms in total. The molecule has 0 aliphatic carbocycles. The topological polar surface area (TPSA) is 90.2 Å². The Morgan fingerprint density at radius 3 is 2.71 bits per heavy atom. The quantitative estimate of drug-likeness (QED) is 0.532. The predicted octanol–water partition coefficient (Wildman–Crippen LogP) is 4.44. The number of hydrogen-bond donors (Lipinski definition) is 1. The molecule has 0 saturated heterocycles. The fourth-order valence-electron chi connectivity index (χ4n) is 3.20. The molecular weight excluding hydrogens is 363 g/mol. The number of non-ortho nitro benzene ring substituents is 1. The highest BCUT2D eigenvalue weighted by molar-refractivity contribution is 5.60. The third-order valence-corrected chi connectivity index (χ3v) is 4.52. The zero-order valence-corrected chi connectivity index (χ0v) is 15.1. The lowest BCUT2D eigenvalue weighted by atomic mass is 10.0. The van der Waals surface area contributed by atoms with Crippen molar-refractivity contribution in [3.8, 4) is 17.1 Å². The maximum atomic E-state index is 13.7. The van der Waals surface area contributed by atoms with E-state index in [2.05, 4.69) is 15.3 Å². The Morgan fingerprint density at radius 2 is 1.96 bits per heavy atom. The molecule has 0 bridgehead atoms. The number of fused-ring (bicyclic) bond motifs is 1. The number of nitrogens with one attached hydrogen (secondary N) is 1. The van der Waals surface area contributed by atoms with Gasteiger partial charge in [-0.1, -0.05) is 0 Å².